The maximum Gasteiger partial charge on any atom is 0.111 e. The van der Waals surface area contributed by atoms with Gasteiger partial charge in [-0.25, -0.2) is 4.98 Å². The summed E-state index contributed by atoms with van der Waals surface area (Å²) in [6, 6.07) is 18.5. The van der Waals surface area contributed by atoms with Crippen molar-refractivity contribution in [3.63, 3.8) is 0 Å². The minimum Gasteiger partial charge on any atom is -0.372 e. The summed E-state index contributed by atoms with van der Waals surface area (Å²) in [6.07, 6.45) is 5.46. The molecule has 2 aromatic carbocycles. The Bertz CT molecular complexity index is 1190. The van der Waals surface area contributed by atoms with E-state index >= 15 is 0 Å². The summed E-state index contributed by atoms with van der Waals surface area (Å²) in [5.41, 5.74) is 5.42. The van der Waals surface area contributed by atoms with Crippen molar-refractivity contribution < 1.29 is 0 Å². The number of rotatable bonds is 11. The van der Waals surface area contributed by atoms with Crippen molar-refractivity contribution >= 4 is 27.6 Å². The Morgan fingerprint density at radius 3 is 2.56 bits per heavy atom. The van der Waals surface area contributed by atoms with Crippen molar-refractivity contribution in [1.29, 1.82) is 0 Å². The molecule has 0 spiro atoms. The summed E-state index contributed by atoms with van der Waals surface area (Å²) in [4.78, 5) is 9.79. The Balaban J connectivity index is 1.37. The second-order valence-corrected chi connectivity index (χ2v) is 8.30. The molecular weight excluding hydrogens is 394 g/mol. The van der Waals surface area contributed by atoms with Crippen LogP contribution in [0.1, 0.15) is 44.1 Å². The number of hydrogen-bond acceptors (Lipinski definition) is 4. The standard InChI is InChI=1S/C27H33N5/c1-4-13-25-31-26-20(2)29-24-17-10-9-16-23(24)27(26)32(25)19-12-6-11-18-28-21(3)30-22-14-7-5-8-15-22/h5,7-10,14-17,28,30H,3-4,6,11-13,18-19H2,1-2H3. The number of unbranched alkanes of at least 4 members (excludes halogenated alkanes) is 2. The third kappa shape index (κ3) is 4.93. The van der Waals surface area contributed by atoms with E-state index in [9.17, 15) is 0 Å². The van der Waals surface area contributed by atoms with Gasteiger partial charge in [0.25, 0.3) is 0 Å². The van der Waals surface area contributed by atoms with Crippen molar-refractivity contribution in [3.8, 4) is 0 Å². The number of aromatic nitrogens is 3. The van der Waals surface area contributed by atoms with Crippen molar-refractivity contribution in [2.24, 2.45) is 0 Å². The lowest BCUT2D eigenvalue weighted by molar-refractivity contribution is 0.567. The Labute approximate surface area is 190 Å². The van der Waals surface area contributed by atoms with Crippen molar-refractivity contribution in [1.82, 2.24) is 19.9 Å². The van der Waals surface area contributed by atoms with Gasteiger partial charge in [0.05, 0.1) is 22.5 Å². The molecule has 4 rings (SSSR count). The maximum atomic E-state index is 5.00. The minimum absolute atomic E-state index is 0.844. The number of aryl methyl sites for hydroxylation is 3. The normalized spacial score (nSPS) is 11.2. The van der Waals surface area contributed by atoms with E-state index in [1.54, 1.807) is 0 Å². The molecule has 0 radical (unpaired) electrons. The van der Waals surface area contributed by atoms with Gasteiger partial charge >= 0.3 is 0 Å². The van der Waals surface area contributed by atoms with E-state index in [0.29, 0.717) is 0 Å². The summed E-state index contributed by atoms with van der Waals surface area (Å²) in [5, 5.41) is 7.88. The molecule has 4 aromatic rings. The number of nitrogens with one attached hydrogen (secondary N) is 2. The van der Waals surface area contributed by atoms with Crippen LogP contribution in [-0.4, -0.2) is 21.1 Å². The highest BCUT2D eigenvalue weighted by atomic mass is 15.1. The largest absolute Gasteiger partial charge is 0.372 e. The number of hydrogen-bond donors (Lipinski definition) is 2. The fourth-order valence-electron chi connectivity index (χ4n) is 4.24. The van der Waals surface area contributed by atoms with Crippen LogP contribution in [0, 0.1) is 6.92 Å². The van der Waals surface area contributed by atoms with Crippen molar-refractivity contribution in [2.75, 3.05) is 11.9 Å². The van der Waals surface area contributed by atoms with Crippen LogP contribution in [0.25, 0.3) is 21.9 Å². The predicted octanol–water partition coefficient (Wildman–Crippen LogP) is 6.19. The van der Waals surface area contributed by atoms with Gasteiger partial charge in [0.2, 0.25) is 0 Å². The number of imidazole rings is 1. The summed E-state index contributed by atoms with van der Waals surface area (Å²) in [6.45, 7) is 10.3. The molecule has 0 aliphatic heterocycles. The highest BCUT2D eigenvalue weighted by molar-refractivity contribution is 6.03. The summed E-state index contributed by atoms with van der Waals surface area (Å²) in [7, 11) is 0. The molecule has 0 aliphatic carbocycles. The highest BCUT2D eigenvalue weighted by Gasteiger charge is 2.16. The van der Waals surface area contributed by atoms with Crippen LogP contribution in [0.4, 0.5) is 5.69 Å². The lowest BCUT2D eigenvalue weighted by atomic mass is 10.1. The highest BCUT2D eigenvalue weighted by Crippen LogP contribution is 2.28. The van der Waals surface area contributed by atoms with Crippen LogP contribution >= 0.6 is 0 Å². The molecule has 0 saturated heterocycles. The van der Waals surface area contributed by atoms with Crippen molar-refractivity contribution in [2.45, 2.75) is 52.5 Å². The SMILES string of the molecule is C=C(NCCCCCn1c(CCC)nc2c(C)nc3ccccc3c21)Nc1ccccc1. The van der Waals surface area contributed by atoms with Gasteiger partial charge in [0.1, 0.15) is 11.3 Å². The van der Waals surface area contributed by atoms with E-state index in [1.165, 1.54) is 16.7 Å². The van der Waals surface area contributed by atoms with E-state index in [-0.39, 0.29) is 0 Å². The average Bonchev–Trinajstić information content (AvgIpc) is 3.16. The average molecular weight is 428 g/mol. The topological polar surface area (TPSA) is 54.8 Å². The number of anilines is 1. The van der Waals surface area contributed by atoms with E-state index in [1.807, 2.05) is 30.3 Å². The second-order valence-electron chi connectivity index (χ2n) is 8.30. The van der Waals surface area contributed by atoms with Crippen LogP contribution in [0.3, 0.4) is 0 Å². The molecule has 0 amide bonds. The van der Waals surface area contributed by atoms with Crippen molar-refractivity contribution in [3.05, 3.63) is 78.5 Å². The van der Waals surface area contributed by atoms with E-state index < -0.39 is 0 Å². The predicted molar refractivity (Wildman–Crippen MR) is 135 cm³/mol. The molecule has 0 unspecified atom stereocenters. The molecule has 0 fully saturated rings. The molecule has 5 heteroatoms. The molecule has 0 aliphatic rings. The van der Waals surface area contributed by atoms with Gasteiger partial charge in [-0.3, -0.25) is 4.98 Å². The first-order valence-electron chi connectivity index (χ1n) is 11.7. The monoisotopic (exact) mass is 427 g/mol. The second kappa shape index (κ2) is 10.3. The lowest BCUT2D eigenvalue weighted by Crippen LogP contribution is -2.19. The van der Waals surface area contributed by atoms with Gasteiger partial charge in [0.15, 0.2) is 0 Å². The first-order chi connectivity index (χ1) is 15.7. The zero-order chi connectivity index (χ0) is 22.3. The first kappa shape index (κ1) is 21.9. The molecule has 0 bridgehead atoms. The van der Waals surface area contributed by atoms with Gasteiger partial charge in [-0.15, -0.1) is 0 Å². The maximum absolute atomic E-state index is 5.00. The van der Waals surface area contributed by atoms with Crippen LogP contribution in [0.15, 0.2) is 67.0 Å². The fourth-order valence-corrected chi connectivity index (χ4v) is 4.24. The van der Waals surface area contributed by atoms with Gasteiger partial charge < -0.3 is 15.2 Å². The van der Waals surface area contributed by atoms with E-state index in [0.717, 1.165) is 73.4 Å². The third-order valence-corrected chi connectivity index (χ3v) is 5.78. The number of para-hydroxylation sites is 2. The number of nitrogens with zero attached hydrogens (tertiary/aromatic N) is 3. The van der Waals surface area contributed by atoms with Crippen LogP contribution in [0.2, 0.25) is 0 Å². The molecule has 2 heterocycles. The van der Waals surface area contributed by atoms with Crippen LogP contribution in [-0.2, 0) is 13.0 Å². The number of pyridine rings is 1. The molecule has 2 aromatic heterocycles. The summed E-state index contributed by atoms with van der Waals surface area (Å²) >= 11 is 0. The summed E-state index contributed by atoms with van der Waals surface area (Å²) < 4.78 is 2.44. The van der Waals surface area contributed by atoms with E-state index in [4.69, 9.17) is 9.97 Å². The number of fused-ring (bicyclic) bond motifs is 3. The Morgan fingerprint density at radius 1 is 0.969 bits per heavy atom. The summed E-state index contributed by atoms with van der Waals surface area (Å²) in [5.74, 6) is 2.03. The number of benzene rings is 2. The lowest BCUT2D eigenvalue weighted by Gasteiger charge is -2.13. The van der Waals surface area contributed by atoms with Crippen LogP contribution in [0.5, 0.6) is 0 Å². The smallest absolute Gasteiger partial charge is 0.111 e. The Kier molecular flexibility index (Phi) is 7.05. The molecular formula is C27H33N5. The zero-order valence-electron chi connectivity index (χ0n) is 19.2. The van der Waals surface area contributed by atoms with Gasteiger partial charge in [-0.1, -0.05) is 49.9 Å². The molecule has 5 nitrogen and oxygen atoms in total. The molecule has 2 N–H and O–H groups in total. The Hall–Kier alpha value is -3.34. The molecule has 0 atom stereocenters. The quantitative estimate of drug-likeness (QED) is 0.280. The van der Waals surface area contributed by atoms with Gasteiger partial charge in [0, 0.05) is 30.6 Å². The Morgan fingerprint density at radius 2 is 1.75 bits per heavy atom. The molecule has 0 saturated carbocycles. The molecule has 32 heavy (non-hydrogen) atoms. The fraction of sp³-hybridized carbons (Fsp3) is 0.333. The van der Waals surface area contributed by atoms with Crippen LogP contribution < -0.4 is 10.6 Å². The van der Waals surface area contributed by atoms with E-state index in [2.05, 4.69) is 59.9 Å². The first-order valence-corrected chi connectivity index (χ1v) is 11.7. The third-order valence-electron chi connectivity index (χ3n) is 5.78. The van der Waals surface area contributed by atoms with Gasteiger partial charge in [-0.2, -0.15) is 0 Å². The van der Waals surface area contributed by atoms with Gasteiger partial charge in [-0.05, 0) is 50.8 Å². The zero-order valence-corrected chi connectivity index (χ0v) is 19.2. The molecule has 166 valence electrons. The minimum atomic E-state index is 0.844.